The number of imide groups is 1. The largest absolute Gasteiger partial charge is 0.480 e. The van der Waals surface area contributed by atoms with Crippen LogP contribution >= 0.6 is 0 Å². The average molecular weight is 450 g/mol. The number of rotatable bonds is 8. The normalized spacial score (nSPS) is 16.3. The standard InChI is InChI=1S/C23H22N4O6/c1-15-20(28)26(23(32)27(15)18-9-7-16(13-24)8-10-18)12-11-19(21(29)30)25-22(31)33-14-17-5-3-2-4-6-17/h2-10,15,19H,11-12,14H2,1H3,(H,25,31)(H,29,30)/t15-,19?/m1/s1. The van der Waals surface area contributed by atoms with Gasteiger partial charge in [0.05, 0.1) is 11.6 Å². The quantitative estimate of drug-likeness (QED) is 0.589. The maximum Gasteiger partial charge on any atom is 0.408 e. The molecule has 2 N–H and O–H groups in total. The summed E-state index contributed by atoms with van der Waals surface area (Å²) < 4.78 is 5.04. The molecule has 1 saturated heterocycles. The molecule has 0 saturated carbocycles. The molecule has 0 spiro atoms. The molecule has 10 nitrogen and oxygen atoms in total. The lowest BCUT2D eigenvalue weighted by molar-refractivity contribution is -0.140. The number of hydrogen-bond donors (Lipinski definition) is 2. The monoisotopic (exact) mass is 450 g/mol. The predicted octanol–water partition coefficient (Wildman–Crippen LogP) is 2.49. The van der Waals surface area contributed by atoms with Crippen molar-refractivity contribution in [2.45, 2.75) is 32.0 Å². The van der Waals surface area contributed by atoms with Crippen LogP contribution in [-0.4, -0.2) is 52.6 Å². The van der Waals surface area contributed by atoms with Gasteiger partial charge in [-0.05, 0) is 43.2 Å². The molecule has 2 aromatic carbocycles. The molecule has 33 heavy (non-hydrogen) atoms. The summed E-state index contributed by atoms with van der Waals surface area (Å²) in [6, 6.07) is 14.3. The number of nitrogens with zero attached hydrogens (tertiary/aromatic N) is 3. The van der Waals surface area contributed by atoms with Crippen molar-refractivity contribution in [3.63, 3.8) is 0 Å². The third-order valence-electron chi connectivity index (χ3n) is 5.17. The van der Waals surface area contributed by atoms with E-state index in [9.17, 15) is 24.3 Å². The van der Waals surface area contributed by atoms with Crippen LogP contribution in [0.2, 0.25) is 0 Å². The molecule has 1 heterocycles. The van der Waals surface area contributed by atoms with Gasteiger partial charge in [0.2, 0.25) is 0 Å². The van der Waals surface area contributed by atoms with Gasteiger partial charge in [-0.15, -0.1) is 0 Å². The summed E-state index contributed by atoms with van der Waals surface area (Å²) in [6.07, 6.45) is -1.11. The topological polar surface area (TPSA) is 140 Å². The number of alkyl carbamates (subject to hydrolysis) is 1. The van der Waals surface area contributed by atoms with Crippen LogP contribution in [0, 0.1) is 11.3 Å². The van der Waals surface area contributed by atoms with Crippen LogP contribution in [0.5, 0.6) is 0 Å². The van der Waals surface area contributed by atoms with Crippen molar-refractivity contribution in [1.29, 1.82) is 5.26 Å². The summed E-state index contributed by atoms with van der Waals surface area (Å²) in [4.78, 5) is 51.3. The Hall–Kier alpha value is -4.39. The summed E-state index contributed by atoms with van der Waals surface area (Å²) in [7, 11) is 0. The van der Waals surface area contributed by atoms with E-state index in [4.69, 9.17) is 10.00 Å². The molecule has 0 radical (unpaired) electrons. The number of anilines is 1. The molecular formula is C23H22N4O6. The van der Waals surface area contributed by atoms with Crippen molar-refractivity contribution in [2.75, 3.05) is 11.4 Å². The number of carbonyl (C=O) groups excluding carboxylic acids is 3. The number of amides is 4. The zero-order chi connectivity index (χ0) is 24.0. The Labute approximate surface area is 190 Å². The fourth-order valence-corrected chi connectivity index (χ4v) is 3.39. The third kappa shape index (κ3) is 5.46. The van der Waals surface area contributed by atoms with E-state index in [-0.39, 0.29) is 19.6 Å². The molecule has 4 amide bonds. The van der Waals surface area contributed by atoms with Gasteiger partial charge in [0.25, 0.3) is 5.91 Å². The summed E-state index contributed by atoms with van der Waals surface area (Å²) >= 11 is 0. The second kappa shape index (κ2) is 10.3. The molecule has 1 aliphatic heterocycles. The van der Waals surface area contributed by atoms with Gasteiger partial charge in [0.1, 0.15) is 18.7 Å². The van der Waals surface area contributed by atoms with Crippen molar-refractivity contribution in [3.8, 4) is 6.07 Å². The summed E-state index contributed by atoms with van der Waals surface area (Å²) in [6.45, 7) is 1.33. The lowest BCUT2D eigenvalue weighted by atomic mass is 10.2. The Morgan fingerprint density at radius 1 is 1.15 bits per heavy atom. The summed E-state index contributed by atoms with van der Waals surface area (Å²) in [5, 5.41) is 20.6. The maximum atomic E-state index is 12.9. The van der Waals surface area contributed by atoms with E-state index in [1.54, 1.807) is 43.3 Å². The number of hydrogen-bond acceptors (Lipinski definition) is 6. The first kappa shape index (κ1) is 23.3. The number of carbonyl (C=O) groups is 4. The number of ether oxygens (including phenoxy) is 1. The van der Waals surface area contributed by atoms with Crippen molar-refractivity contribution in [1.82, 2.24) is 10.2 Å². The molecule has 0 aromatic heterocycles. The van der Waals surface area contributed by atoms with E-state index in [0.717, 1.165) is 10.5 Å². The lowest BCUT2D eigenvalue weighted by Crippen LogP contribution is -2.44. The Morgan fingerprint density at radius 2 is 1.82 bits per heavy atom. The van der Waals surface area contributed by atoms with Crippen LogP contribution in [0.15, 0.2) is 54.6 Å². The molecule has 2 atom stereocenters. The second-order valence-corrected chi connectivity index (χ2v) is 7.36. The molecule has 1 fully saturated rings. The Morgan fingerprint density at radius 3 is 2.42 bits per heavy atom. The Balaban J connectivity index is 1.60. The fraction of sp³-hybridized carbons (Fsp3) is 0.261. The lowest BCUT2D eigenvalue weighted by Gasteiger charge is -2.20. The SMILES string of the molecule is C[C@@H]1C(=O)N(CCC(NC(=O)OCc2ccccc2)C(=O)O)C(=O)N1c1ccc(C#N)cc1. The highest BCUT2D eigenvalue weighted by molar-refractivity contribution is 6.14. The first-order valence-corrected chi connectivity index (χ1v) is 10.2. The van der Waals surface area contributed by atoms with Gasteiger partial charge in [-0.3, -0.25) is 14.6 Å². The first-order valence-electron chi connectivity index (χ1n) is 10.2. The smallest absolute Gasteiger partial charge is 0.408 e. The zero-order valence-corrected chi connectivity index (χ0v) is 17.8. The van der Waals surface area contributed by atoms with E-state index in [0.29, 0.717) is 11.3 Å². The maximum absolute atomic E-state index is 12.9. The van der Waals surface area contributed by atoms with Crippen LogP contribution in [0.3, 0.4) is 0 Å². The van der Waals surface area contributed by atoms with E-state index < -0.39 is 36.1 Å². The number of carboxylic acids is 1. The minimum atomic E-state index is -1.35. The zero-order valence-electron chi connectivity index (χ0n) is 17.8. The molecule has 3 rings (SSSR count). The summed E-state index contributed by atoms with van der Waals surface area (Å²) in [5.74, 6) is -1.80. The number of benzene rings is 2. The fourth-order valence-electron chi connectivity index (χ4n) is 3.39. The number of urea groups is 1. The average Bonchev–Trinajstić information content (AvgIpc) is 3.03. The minimum absolute atomic E-state index is 0.0286. The number of aliphatic carboxylic acids is 1. The van der Waals surface area contributed by atoms with Crippen LogP contribution in [0.25, 0.3) is 0 Å². The van der Waals surface area contributed by atoms with E-state index in [2.05, 4.69) is 5.32 Å². The number of nitriles is 1. The molecule has 170 valence electrons. The molecule has 0 aliphatic carbocycles. The molecular weight excluding hydrogens is 428 g/mol. The van der Waals surface area contributed by atoms with Crippen molar-refractivity contribution in [3.05, 3.63) is 65.7 Å². The van der Waals surface area contributed by atoms with Gasteiger partial charge < -0.3 is 15.2 Å². The van der Waals surface area contributed by atoms with Gasteiger partial charge in [-0.1, -0.05) is 30.3 Å². The summed E-state index contributed by atoms with van der Waals surface area (Å²) in [5.41, 5.74) is 1.60. The van der Waals surface area contributed by atoms with Crippen LogP contribution in [0.1, 0.15) is 24.5 Å². The third-order valence-corrected chi connectivity index (χ3v) is 5.17. The van der Waals surface area contributed by atoms with Crippen molar-refractivity contribution >= 4 is 29.7 Å². The molecule has 1 aliphatic rings. The van der Waals surface area contributed by atoms with Crippen molar-refractivity contribution < 1.29 is 29.0 Å². The van der Waals surface area contributed by atoms with E-state index in [1.165, 1.54) is 17.0 Å². The van der Waals surface area contributed by atoms with Gasteiger partial charge >= 0.3 is 18.1 Å². The number of carboxylic acid groups (broad SMARTS) is 1. The van der Waals surface area contributed by atoms with Crippen LogP contribution < -0.4 is 10.2 Å². The molecule has 1 unspecified atom stereocenters. The second-order valence-electron chi connectivity index (χ2n) is 7.36. The van der Waals surface area contributed by atoms with Crippen LogP contribution in [0.4, 0.5) is 15.3 Å². The van der Waals surface area contributed by atoms with E-state index >= 15 is 0 Å². The minimum Gasteiger partial charge on any atom is -0.480 e. The van der Waals surface area contributed by atoms with E-state index in [1.807, 2.05) is 12.1 Å². The van der Waals surface area contributed by atoms with Crippen molar-refractivity contribution in [2.24, 2.45) is 0 Å². The highest BCUT2D eigenvalue weighted by Gasteiger charge is 2.43. The van der Waals surface area contributed by atoms with Crippen LogP contribution in [-0.2, 0) is 20.9 Å². The highest BCUT2D eigenvalue weighted by atomic mass is 16.5. The Kier molecular flexibility index (Phi) is 7.25. The molecule has 2 aromatic rings. The highest BCUT2D eigenvalue weighted by Crippen LogP contribution is 2.26. The number of nitrogens with one attached hydrogen (secondary N) is 1. The Bertz CT molecular complexity index is 1080. The van der Waals surface area contributed by atoms with Gasteiger partial charge in [0.15, 0.2) is 0 Å². The van der Waals surface area contributed by atoms with Gasteiger partial charge in [-0.2, -0.15) is 5.26 Å². The van der Waals surface area contributed by atoms with Gasteiger partial charge in [-0.25, -0.2) is 14.4 Å². The first-order chi connectivity index (χ1) is 15.8. The molecule has 0 bridgehead atoms. The predicted molar refractivity (Wildman–Crippen MR) is 116 cm³/mol. The molecule has 10 heteroatoms. The van der Waals surface area contributed by atoms with Gasteiger partial charge in [0, 0.05) is 12.2 Å².